The van der Waals surface area contributed by atoms with Gasteiger partial charge < -0.3 is 14.8 Å². The maximum absolute atomic E-state index is 14.1. The van der Waals surface area contributed by atoms with Crippen molar-refractivity contribution in [3.8, 4) is 6.07 Å². The molecule has 1 aliphatic rings. The number of urea groups is 1. The number of rotatable bonds is 7. The van der Waals surface area contributed by atoms with Gasteiger partial charge in [-0.25, -0.2) is 14.7 Å². The summed E-state index contributed by atoms with van der Waals surface area (Å²) in [7, 11) is 0. The third-order valence-corrected chi connectivity index (χ3v) is 10.0. The third kappa shape index (κ3) is 6.27. The van der Waals surface area contributed by atoms with Crippen molar-refractivity contribution in [2.24, 2.45) is 0 Å². The molecule has 0 bridgehead atoms. The van der Waals surface area contributed by atoms with Crippen LogP contribution in [0.2, 0.25) is 0 Å². The maximum atomic E-state index is 14.1. The van der Waals surface area contributed by atoms with E-state index in [1.807, 2.05) is 88.1 Å². The number of thiophene rings is 1. The van der Waals surface area contributed by atoms with E-state index in [9.17, 15) is 14.9 Å². The van der Waals surface area contributed by atoms with Crippen LogP contribution in [0.15, 0.2) is 90.2 Å². The van der Waals surface area contributed by atoms with Crippen molar-refractivity contribution < 1.29 is 9.59 Å². The van der Waals surface area contributed by atoms with Gasteiger partial charge in [-0.1, -0.05) is 24.3 Å². The first-order valence-electron chi connectivity index (χ1n) is 13.7. The predicted octanol–water partition coefficient (Wildman–Crippen LogP) is 7.30. The van der Waals surface area contributed by atoms with Crippen LogP contribution in [0.4, 0.5) is 22.0 Å². The number of nitrogens with zero attached hydrogens (tertiary/aromatic N) is 5. The largest absolute Gasteiger partial charge is 0.336 e. The fraction of sp³-hybridized carbons (Fsp3) is 0.188. The third-order valence-electron chi connectivity index (χ3n) is 7.17. The number of benzene rings is 3. The van der Waals surface area contributed by atoms with Crippen LogP contribution >= 0.6 is 34.9 Å². The number of nitriles is 1. The average Bonchev–Trinajstić information content (AvgIpc) is 3.69. The van der Waals surface area contributed by atoms with Gasteiger partial charge in [0.1, 0.15) is 5.82 Å². The van der Waals surface area contributed by atoms with Gasteiger partial charge in [0.25, 0.3) is 5.91 Å². The Hall–Kier alpha value is -4.24. The van der Waals surface area contributed by atoms with Crippen molar-refractivity contribution in [2.45, 2.75) is 11.4 Å². The molecule has 0 spiro atoms. The Morgan fingerprint density at radius 2 is 1.86 bits per heavy atom. The number of imidazole rings is 1. The van der Waals surface area contributed by atoms with Gasteiger partial charge in [0.2, 0.25) is 0 Å². The highest BCUT2D eigenvalue weighted by Crippen LogP contribution is 2.35. The van der Waals surface area contributed by atoms with Crippen LogP contribution in [0.1, 0.15) is 20.8 Å². The zero-order chi connectivity index (χ0) is 29.8. The van der Waals surface area contributed by atoms with Crippen molar-refractivity contribution in [3.05, 3.63) is 101 Å². The molecule has 0 radical (unpaired) electrons. The monoisotopic (exact) mass is 624 g/mol. The van der Waals surface area contributed by atoms with Gasteiger partial charge in [-0.15, -0.1) is 23.1 Å². The van der Waals surface area contributed by atoms with Gasteiger partial charge in [-0.3, -0.25) is 4.79 Å². The standard InChI is InChI=1S/C32H28N6O2S3/c1-41-28-5-3-2-4-26(28)35-32(40)38(30-19-34-21-37(30)20-23-8-6-22(18-33)7-9-23)25-10-11-27-24(16-25)17-29(43-27)31(39)36-12-14-42-15-13-36/h2-11,16-17,19,21H,12-15,20H2,1H3,(H,35,40). The van der Waals surface area contributed by atoms with Crippen LogP contribution < -0.4 is 10.2 Å². The number of aromatic nitrogens is 2. The molecule has 43 heavy (non-hydrogen) atoms. The molecule has 6 rings (SSSR count). The lowest BCUT2D eigenvalue weighted by Crippen LogP contribution is -2.37. The van der Waals surface area contributed by atoms with Crippen molar-refractivity contribution in [3.63, 3.8) is 0 Å². The Morgan fingerprint density at radius 1 is 1.07 bits per heavy atom. The predicted molar refractivity (Wildman–Crippen MR) is 177 cm³/mol. The molecule has 0 unspecified atom stereocenters. The van der Waals surface area contributed by atoms with E-state index in [1.165, 1.54) is 11.3 Å². The number of amides is 3. The number of para-hydroxylation sites is 1. The molecule has 5 aromatic rings. The number of carbonyl (C=O) groups excluding carboxylic acids is 2. The molecule has 216 valence electrons. The van der Waals surface area contributed by atoms with Crippen LogP contribution in [-0.4, -0.2) is 57.2 Å². The summed E-state index contributed by atoms with van der Waals surface area (Å²) in [5.41, 5.74) is 2.93. The highest BCUT2D eigenvalue weighted by molar-refractivity contribution is 7.99. The van der Waals surface area contributed by atoms with Crippen molar-refractivity contribution >= 4 is 74.1 Å². The van der Waals surface area contributed by atoms with E-state index in [0.29, 0.717) is 34.2 Å². The molecule has 0 aliphatic carbocycles. The van der Waals surface area contributed by atoms with Gasteiger partial charge >= 0.3 is 6.03 Å². The SMILES string of the molecule is CSc1ccccc1NC(=O)N(c1ccc2sc(C(=O)N3CCSCC3)cc2c1)c1cncn1Cc1ccc(C#N)cc1. The molecule has 3 amide bonds. The lowest BCUT2D eigenvalue weighted by Gasteiger charge is -2.25. The Bertz CT molecular complexity index is 1820. The van der Waals surface area contributed by atoms with Crippen molar-refractivity contribution in [2.75, 3.05) is 41.1 Å². The molecule has 1 saturated heterocycles. The summed E-state index contributed by atoms with van der Waals surface area (Å²) in [6, 6.07) is 24.6. The van der Waals surface area contributed by atoms with Gasteiger partial charge in [0.05, 0.1) is 47.0 Å². The molecule has 1 aliphatic heterocycles. The quantitative estimate of drug-likeness (QED) is 0.191. The number of thioether (sulfide) groups is 2. The van der Waals surface area contributed by atoms with Crippen LogP contribution in [0.25, 0.3) is 10.1 Å². The molecule has 3 heterocycles. The van der Waals surface area contributed by atoms with E-state index < -0.39 is 0 Å². The first-order chi connectivity index (χ1) is 21.0. The van der Waals surface area contributed by atoms with E-state index in [2.05, 4.69) is 16.4 Å². The fourth-order valence-corrected chi connectivity index (χ4v) is 7.44. The lowest BCUT2D eigenvalue weighted by molar-refractivity contribution is 0.0777. The summed E-state index contributed by atoms with van der Waals surface area (Å²) in [4.78, 5) is 36.9. The minimum atomic E-state index is -0.334. The molecule has 2 aromatic heterocycles. The molecule has 11 heteroatoms. The second-order valence-corrected chi connectivity index (χ2v) is 13.0. The van der Waals surface area contributed by atoms with E-state index >= 15 is 0 Å². The van der Waals surface area contributed by atoms with Crippen LogP contribution in [0.3, 0.4) is 0 Å². The van der Waals surface area contributed by atoms with Crippen LogP contribution in [0.5, 0.6) is 0 Å². The van der Waals surface area contributed by atoms with Gasteiger partial charge in [0, 0.05) is 34.2 Å². The van der Waals surface area contributed by atoms with Crippen LogP contribution in [0, 0.1) is 11.3 Å². The normalized spacial score (nSPS) is 13.1. The summed E-state index contributed by atoms with van der Waals surface area (Å²) in [6.45, 7) is 1.98. The Balaban J connectivity index is 1.37. The minimum absolute atomic E-state index is 0.0619. The summed E-state index contributed by atoms with van der Waals surface area (Å²) in [5, 5.41) is 13.2. The Kier molecular flexibility index (Phi) is 8.69. The highest BCUT2D eigenvalue weighted by atomic mass is 32.2. The number of nitrogens with one attached hydrogen (secondary N) is 1. The van der Waals surface area contributed by atoms with Gasteiger partial charge in [-0.2, -0.15) is 17.0 Å². The summed E-state index contributed by atoms with van der Waals surface area (Å²) >= 11 is 4.91. The Morgan fingerprint density at radius 3 is 2.63 bits per heavy atom. The zero-order valence-corrected chi connectivity index (χ0v) is 25.8. The van der Waals surface area contributed by atoms with E-state index in [0.717, 1.165) is 45.1 Å². The summed E-state index contributed by atoms with van der Waals surface area (Å²) in [5.74, 6) is 2.56. The second-order valence-electron chi connectivity index (χ2n) is 9.89. The number of hydrogen-bond donors (Lipinski definition) is 1. The number of fused-ring (bicyclic) bond motifs is 1. The number of carbonyl (C=O) groups is 2. The topological polar surface area (TPSA) is 94.3 Å². The van der Waals surface area contributed by atoms with Crippen molar-refractivity contribution in [1.82, 2.24) is 14.5 Å². The molecule has 1 fully saturated rings. The first kappa shape index (κ1) is 28.9. The molecular weight excluding hydrogens is 597 g/mol. The molecule has 1 N–H and O–H groups in total. The molecule has 0 atom stereocenters. The molecule has 0 saturated carbocycles. The first-order valence-corrected chi connectivity index (χ1v) is 16.9. The summed E-state index contributed by atoms with van der Waals surface area (Å²) in [6.07, 6.45) is 5.34. The number of hydrogen-bond acceptors (Lipinski definition) is 7. The van der Waals surface area contributed by atoms with Crippen LogP contribution in [-0.2, 0) is 6.54 Å². The van der Waals surface area contributed by atoms with Crippen molar-refractivity contribution in [1.29, 1.82) is 5.26 Å². The van der Waals surface area contributed by atoms with E-state index in [-0.39, 0.29) is 11.9 Å². The smallest absolute Gasteiger partial charge is 0.332 e. The average molecular weight is 625 g/mol. The summed E-state index contributed by atoms with van der Waals surface area (Å²) < 4.78 is 2.89. The lowest BCUT2D eigenvalue weighted by atomic mass is 10.1. The number of anilines is 3. The fourth-order valence-electron chi connectivity index (χ4n) is 4.97. The van der Waals surface area contributed by atoms with Gasteiger partial charge in [0.15, 0.2) is 0 Å². The van der Waals surface area contributed by atoms with Gasteiger partial charge in [-0.05, 0) is 65.7 Å². The zero-order valence-electron chi connectivity index (χ0n) is 23.4. The second kappa shape index (κ2) is 13.0. The molecular formula is C32H28N6O2S3. The maximum Gasteiger partial charge on any atom is 0.332 e. The molecule has 3 aromatic carbocycles. The van der Waals surface area contributed by atoms with E-state index in [1.54, 1.807) is 41.3 Å². The minimum Gasteiger partial charge on any atom is -0.336 e. The Labute approximate surface area is 262 Å². The molecule has 8 nitrogen and oxygen atoms in total. The highest BCUT2D eigenvalue weighted by Gasteiger charge is 2.25. The van der Waals surface area contributed by atoms with E-state index in [4.69, 9.17) is 0 Å².